The van der Waals surface area contributed by atoms with Crippen LogP contribution in [0.5, 0.6) is 0 Å². The molecule has 0 unspecified atom stereocenters. The largest absolute Gasteiger partial charge is 0.444 e. The first-order chi connectivity index (χ1) is 10.2. The van der Waals surface area contributed by atoms with Crippen LogP contribution in [0.4, 0.5) is 4.39 Å². The highest BCUT2D eigenvalue weighted by Crippen LogP contribution is 2.19. The van der Waals surface area contributed by atoms with Crippen molar-refractivity contribution >= 4 is 0 Å². The summed E-state index contributed by atoms with van der Waals surface area (Å²) in [6.45, 7) is 2.47. The fraction of sp³-hybridized carbons (Fsp3) is 0.400. The molecule has 0 aliphatic rings. The van der Waals surface area contributed by atoms with Crippen molar-refractivity contribution < 1.29 is 18.7 Å². The van der Waals surface area contributed by atoms with Crippen molar-refractivity contribution in [3.8, 4) is 11.5 Å². The summed E-state index contributed by atoms with van der Waals surface area (Å²) in [7, 11) is 1.64. The Morgan fingerprint density at radius 2 is 2.05 bits per heavy atom. The topological polar surface area (TPSA) is 58.7 Å². The zero-order valence-electron chi connectivity index (χ0n) is 12.0. The Kier molecular flexibility index (Phi) is 5.86. The van der Waals surface area contributed by atoms with Gasteiger partial charge in [-0.05, 0) is 24.3 Å². The number of halogens is 1. The van der Waals surface area contributed by atoms with Crippen LogP contribution in [0.3, 0.4) is 0 Å². The first kappa shape index (κ1) is 15.6. The fourth-order valence-electron chi connectivity index (χ4n) is 1.97. The molecule has 0 amide bonds. The number of oxazole rings is 1. The van der Waals surface area contributed by atoms with Gasteiger partial charge < -0.3 is 14.3 Å². The number of hydrogen-bond donors (Lipinski definition) is 1. The van der Waals surface area contributed by atoms with E-state index in [1.54, 1.807) is 25.5 Å². The van der Waals surface area contributed by atoms with Gasteiger partial charge in [-0.2, -0.15) is 0 Å². The van der Waals surface area contributed by atoms with Crippen LogP contribution in [-0.2, 0) is 11.3 Å². The van der Waals surface area contributed by atoms with Crippen molar-refractivity contribution in [2.24, 2.45) is 0 Å². The molecule has 1 heterocycles. The monoisotopic (exact) mass is 294 g/mol. The van der Waals surface area contributed by atoms with Crippen molar-refractivity contribution in [2.75, 3.05) is 33.4 Å². The van der Waals surface area contributed by atoms with Crippen LogP contribution in [0, 0.1) is 5.82 Å². The maximum atomic E-state index is 12.9. The lowest BCUT2D eigenvalue weighted by atomic mass is 10.2. The van der Waals surface area contributed by atoms with Crippen molar-refractivity contribution in [3.05, 3.63) is 42.0 Å². The Balaban J connectivity index is 2.02. The van der Waals surface area contributed by atoms with Crippen LogP contribution >= 0.6 is 0 Å². The number of aliphatic hydroxyl groups is 1. The lowest BCUT2D eigenvalue weighted by Gasteiger charge is -2.19. The third-order valence-corrected chi connectivity index (χ3v) is 3.06. The second-order valence-electron chi connectivity index (χ2n) is 4.64. The van der Waals surface area contributed by atoms with Crippen LogP contribution in [0.1, 0.15) is 5.69 Å². The lowest BCUT2D eigenvalue weighted by molar-refractivity contribution is 0.126. The number of aromatic nitrogens is 1. The van der Waals surface area contributed by atoms with E-state index in [4.69, 9.17) is 14.3 Å². The molecule has 21 heavy (non-hydrogen) atoms. The Labute approximate surface area is 123 Å². The quantitative estimate of drug-likeness (QED) is 0.806. The maximum Gasteiger partial charge on any atom is 0.226 e. The zero-order chi connectivity index (χ0) is 15.1. The number of methoxy groups -OCH3 is 1. The molecule has 0 saturated carbocycles. The smallest absolute Gasteiger partial charge is 0.226 e. The van der Waals surface area contributed by atoms with E-state index >= 15 is 0 Å². The van der Waals surface area contributed by atoms with Gasteiger partial charge in [0.15, 0.2) is 0 Å². The number of ether oxygens (including phenoxy) is 1. The number of benzene rings is 1. The minimum Gasteiger partial charge on any atom is -0.444 e. The van der Waals surface area contributed by atoms with Gasteiger partial charge in [-0.15, -0.1) is 0 Å². The summed E-state index contributed by atoms with van der Waals surface area (Å²) in [5.74, 6) is 0.167. The highest BCUT2D eigenvalue weighted by Gasteiger charge is 2.11. The predicted octanol–water partition coefficient (Wildman–Crippen LogP) is 1.92. The summed E-state index contributed by atoms with van der Waals surface area (Å²) in [5.41, 5.74) is 1.49. The van der Waals surface area contributed by atoms with Crippen LogP contribution < -0.4 is 0 Å². The highest BCUT2D eigenvalue weighted by molar-refractivity contribution is 5.52. The van der Waals surface area contributed by atoms with Gasteiger partial charge in [0.2, 0.25) is 5.89 Å². The van der Waals surface area contributed by atoms with Gasteiger partial charge in [0.05, 0.1) is 18.9 Å². The van der Waals surface area contributed by atoms with Gasteiger partial charge in [0.1, 0.15) is 12.1 Å². The molecular weight excluding hydrogens is 275 g/mol. The van der Waals surface area contributed by atoms with Gasteiger partial charge in [0.25, 0.3) is 0 Å². The van der Waals surface area contributed by atoms with Crippen molar-refractivity contribution in [3.63, 3.8) is 0 Å². The summed E-state index contributed by atoms with van der Waals surface area (Å²) < 4.78 is 23.3. The summed E-state index contributed by atoms with van der Waals surface area (Å²) >= 11 is 0. The van der Waals surface area contributed by atoms with E-state index in [-0.39, 0.29) is 12.4 Å². The van der Waals surface area contributed by atoms with Crippen LogP contribution in [0.25, 0.3) is 11.5 Å². The van der Waals surface area contributed by atoms with Gasteiger partial charge in [0, 0.05) is 32.3 Å². The Morgan fingerprint density at radius 3 is 2.71 bits per heavy atom. The number of aliphatic hydroxyl groups excluding tert-OH is 1. The highest BCUT2D eigenvalue weighted by atomic mass is 19.1. The third-order valence-electron chi connectivity index (χ3n) is 3.06. The molecule has 114 valence electrons. The summed E-state index contributed by atoms with van der Waals surface area (Å²) in [4.78, 5) is 6.41. The molecule has 1 aromatic carbocycles. The Hall–Kier alpha value is -1.76. The molecule has 0 aliphatic carbocycles. The molecule has 2 rings (SSSR count). The third kappa shape index (κ3) is 4.63. The molecule has 5 nitrogen and oxygen atoms in total. The molecule has 1 aromatic heterocycles. The average molecular weight is 294 g/mol. The SMILES string of the molecule is COCCN(CCO)Cc1coc(-c2ccc(F)cc2)n1. The fourth-order valence-corrected chi connectivity index (χ4v) is 1.97. The van der Waals surface area contributed by atoms with Gasteiger partial charge in [-0.1, -0.05) is 0 Å². The second kappa shape index (κ2) is 7.87. The summed E-state index contributed by atoms with van der Waals surface area (Å²) in [6.07, 6.45) is 1.58. The van der Waals surface area contributed by atoms with Gasteiger partial charge in [-0.3, -0.25) is 4.90 Å². The maximum absolute atomic E-state index is 12.9. The number of hydrogen-bond acceptors (Lipinski definition) is 5. The zero-order valence-corrected chi connectivity index (χ0v) is 12.0. The number of nitrogens with zero attached hydrogens (tertiary/aromatic N) is 2. The van der Waals surface area contributed by atoms with E-state index < -0.39 is 0 Å². The molecule has 1 N–H and O–H groups in total. The second-order valence-corrected chi connectivity index (χ2v) is 4.64. The van der Waals surface area contributed by atoms with Crippen molar-refractivity contribution in [2.45, 2.75) is 6.54 Å². The van der Waals surface area contributed by atoms with E-state index in [2.05, 4.69) is 4.98 Å². The van der Waals surface area contributed by atoms with E-state index in [0.29, 0.717) is 32.1 Å². The minimum absolute atomic E-state index is 0.0758. The molecule has 0 fully saturated rings. The van der Waals surface area contributed by atoms with E-state index in [1.807, 2.05) is 4.90 Å². The predicted molar refractivity (Wildman–Crippen MR) is 76.1 cm³/mol. The average Bonchev–Trinajstić information content (AvgIpc) is 2.94. The summed E-state index contributed by atoms with van der Waals surface area (Å²) in [6, 6.07) is 5.99. The first-order valence-electron chi connectivity index (χ1n) is 6.75. The molecule has 2 aromatic rings. The van der Waals surface area contributed by atoms with Gasteiger partial charge in [-0.25, -0.2) is 9.37 Å². The normalized spacial score (nSPS) is 11.2. The standard InChI is InChI=1S/C15H19FN2O3/c1-20-9-7-18(6-8-19)10-14-11-21-15(17-14)12-2-4-13(16)5-3-12/h2-5,11,19H,6-10H2,1H3. The molecule has 6 heteroatoms. The molecule has 0 radical (unpaired) electrons. The van der Waals surface area contributed by atoms with Crippen LogP contribution in [-0.4, -0.2) is 48.4 Å². The molecule has 0 saturated heterocycles. The molecule has 0 bridgehead atoms. The van der Waals surface area contributed by atoms with Crippen LogP contribution in [0.15, 0.2) is 34.9 Å². The molecule has 0 aliphatic heterocycles. The van der Waals surface area contributed by atoms with Crippen LogP contribution in [0.2, 0.25) is 0 Å². The molecule has 0 atom stereocenters. The van der Waals surface area contributed by atoms with Crippen molar-refractivity contribution in [1.29, 1.82) is 0 Å². The minimum atomic E-state index is -0.292. The Morgan fingerprint density at radius 1 is 1.29 bits per heavy atom. The molecule has 0 spiro atoms. The van der Waals surface area contributed by atoms with Gasteiger partial charge >= 0.3 is 0 Å². The van der Waals surface area contributed by atoms with E-state index in [0.717, 1.165) is 11.3 Å². The van der Waals surface area contributed by atoms with Crippen molar-refractivity contribution in [1.82, 2.24) is 9.88 Å². The first-order valence-corrected chi connectivity index (χ1v) is 6.75. The molecular formula is C15H19FN2O3. The van der Waals surface area contributed by atoms with E-state index in [1.165, 1.54) is 12.1 Å². The number of rotatable bonds is 8. The Bertz CT molecular complexity index is 542. The summed E-state index contributed by atoms with van der Waals surface area (Å²) in [5, 5.41) is 9.06. The lowest BCUT2D eigenvalue weighted by Crippen LogP contribution is -2.29. The van der Waals surface area contributed by atoms with E-state index in [9.17, 15) is 4.39 Å².